The van der Waals surface area contributed by atoms with Crippen LogP contribution in [0.5, 0.6) is 0 Å². The Morgan fingerprint density at radius 2 is 1.89 bits per heavy atom. The van der Waals surface area contributed by atoms with Gasteiger partial charge in [0.15, 0.2) is 0 Å². The number of nitriles is 1. The number of aryl methyl sites for hydroxylation is 1. The first-order valence-electron chi connectivity index (χ1n) is 6.98. The van der Waals surface area contributed by atoms with Gasteiger partial charge in [-0.05, 0) is 25.7 Å². The molecule has 1 saturated carbocycles. The Balaban J connectivity index is 1.91. The van der Waals surface area contributed by atoms with Crippen LogP contribution in [-0.2, 0) is 0 Å². The van der Waals surface area contributed by atoms with Crippen molar-refractivity contribution in [2.75, 3.05) is 23.7 Å². The van der Waals surface area contributed by atoms with Crippen molar-refractivity contribution in [1.82, 2.24) is 9.97 Å². The molecular formula is C14H21N5. The molecule has 1 fully saturated rings. The first-order valence-corrected chi connectivity index (χ1v) is 6.98. The molecule has 1 aromatic rings. The van der Waals surface area contributed by atoms with E-state index in [4.69, 9.17) is 5.26 Å². The van der Waals surface area contributed by atoms with Crippen LogP contribution in [0.4, 0.5) is 11.6 Å². The highest BCUT2D eigenvalue weighted by molar-refractivity contribution is 5.47. The molecule has 0 saturated heterocycles. The molecule has 19 heavy (non-hydrogen) atoms. The number of rotatable bonds is 5. The molecule has 5 heteroatoms. The van der Waals surface area contributed by atoms with Crippen LogP contribution in [0.15, 0.2) is 6.07 Å². The molecule has 1 aromatic heterocycles. The maximum Gasteiger partial charge on any atom is 0.132 e. The lowest BCUT2D eigenvalue weighted by Crippen LogP contribution is -2.18. The maximum atomic E-state index is 8.57. The number of nitrogens with zero attached hydrogens (tertiary/aromatic N) is 3. The lowest BCUT2D eigenvalue weighted by molar-refractivity contribution is 0.373. The molecule has 2 N–H and O–H groups in total. The number of hydrogen-bond acceptors (Lipinski definition) is 5. The number of nitrogens with one attached hydrogen (secondary N) is 2. The van der Waals surface area contributed by atoms with Crippen LogP contribution in [0.2, 0.25) is 0 Å². The van der Waals surface area contributed by atoms with E-state index < -0.39 is 0 Å². The van der Waals surface area contributed by atoms with Gasteiger partial charge < -0.3 is 10.6 Å². The van der Waals surface area contributed by atoms with E-state index in [2.05, 4.69) is 20.6 Å². The van der Waals surface area contributed by atoms with E-state index in [1.165, 1.54) is 32.1 Å². The van der Waals surface area contributed by atoms with Crippen molar-refractivity contribution in [2.45, 2.75) is 39.0 Å². The Morgan fingerprint density at radius 3 is 2.58 bits per heavy atom. The maximum absolute atomic E-state index is 8.57. The van der Waals surface area contributed by atoms with Gasteiger partial charge in [0.05, 0.1) is 6.07 Å². The Morgan fingerprint density at radius 1 is 1.21 bits per heavy atom. The molecule has 0 aliphatic heterocycles. The molecule has 1 heterocycles. The van der Waals surface area contributed by atoms with E-state index in [-0.39, 0.29) is 6.54 Å². The van der Waals surface area contributed by atoms with Crippen molar-refractivity contribution in [3.05, 3.63) is 11.9 Å². The topological polar surface area (TPSA) is 73.6 Å². The van der Waals surface area contributed by atoms with E-state index in [0.29, 0.717) is 11.6 Å². The zero-order valence-electron chi connectivity index (χ0n) is 11.4. The summed E-state index contributed by atoms with van der Waals surface area (Å²) in [6.45, 7) is 3.11. The third-order valence-electron chi connectivity index (χ3n) is 3.48. The van der Waals surface area contributed by atoms with Gasteiger partial charge >= 0.3 is 0 Å². The van der Waals surface area contributed by atoms with Crippen molar-refractivity contribution in [2.24, 2.45) is 5.92 Å². The van der Waals surface area contributed by atoms with Gasteiger partial charge in [-0.2, -0.15) is 5.26 Å². The average molecular weight is 259 g/mol. The van der Waals surface area contributed by atoms with Crippen LogP contribution >= 0.6 is 0 Å². The van der Waals surface area contributed by atoms with E-state index in [1.807, 2.05) is 19.1 Å². The quantitative estimate of drug-likeness (QED) is 0.795. The summed E-state index contributed by atoms with van der Waals surface area (Å²) in [7, 11) is 0. The van der Waals surface area contributed by atoms with Crippen LogP contribution in [0.1, 0.15) is 37.9 Å². The van der Waals surface area contributed by atoms with Crippen LogP contribution < -0.4 is 10.6 Å². The molecule has 1 aliphatic carbocycles. The Kier molecular flexibility index (Phi) is 4.96. The van der Waals surface area contributed by atoms with E-state index in [0.717, 1.165) is 18.3 Å². The summed E-state index contributed by atoms with van der Waals surface area (Å²) >= 11 is 0. The van der Waals surface area contributed by atoms with Gasteiger partial charge in [0.2, 0.25) is 0 Å². The van der Waals surface area contributed by atoms with Gasteiger partial charge in [0.1, 0.15) is 24.0 Å². The van der Waals surface area contributed by atoms with E-state index in [1.54, 1.807) is 0 Å². The molecular weight excluding hydrogens is 238 g/mol. The second kappa shape index (κ2) is 6.93. The average Bonchev–Trinajstić information content (AvgIpc) is 2.43. The van der Waals surface area contributed by atoms with Crippen LogP contribution in [0, 0.1) is 24.2 Å². The van der Waals surface area contributed by atoms with E-state index >= 15 is 0 Å². The normalized spacial score (nSPS) is 15.8. The van der Waals surface area contributed by atoms with Gasteiger partial charge in [0.25, 0.3) is 0 Å². The molecule has 0 unspecified atom stereocenters. The number of anilines is 2. The van der Waals surface area contributed by atoms with E-state index in [9.17, 15) is 0 Å². The zero-order chi connectivity index (χ0) is 13.5. The predicted octanol–water partition coefficient (Wildman–Crippen LogP) is 2.71. The molecule has 0 amide bonds. The lowest BCUT2D eigenvalue weighted by Gasteiger charge is -2.22. The van der Waals surface area contributed by atoms with Gasteiger partial charge in [-0.15, -0.1) is 0 Å². The SMILES string of the molecule is Cc1nc(NCC#N)cc(NCC2CCCCC2)n1. The molecule has 0 bridgehead atoms. The van der Waals surface area contributed by atoms with Crippen molar-refractivity contribution in [1.29, 1.82) is 5.26 Å². The monoisotopic (exact) mass is 259 g/mol. The molecule has 0 aromatic carbocycles. The Bertz CT molecular complexity index is 446. The summed E-state index contributed by atoms with van der Waals surface area (Å²) in [4.78, 5) is 8.63. The molecule has 1 aliphatic rings. The smallest absolute Gasteiger partial charge is 0.132 e. The molecule has 0 atom stereocenters. The van der Waals surface area contributed by atoms with Gasteiger partial charge in [0, 0.05) is 12.6 Å². The minimum Gasteiger partial charge on any atom is -0.370 e. The predicted molar refractivity (Wildman–Crippen MR) is 75.9 cm³/mol. The highest BCUT2D eigenvalue weighted by Gasteiger charge is 2.13. The van der Waals surface area contributed by atoms with Crippen molar-refractivity contribution in [3.63, 3.8) is 0 Å². The Labute approximate surface area is 114 Å². The van der Waals surface area contributed by atoms with Crippen molar-refractivity contribution >= 4 is 11.6 Å². The lowest BCUT2D eigenvalue weighted by atomic mass is 9.89. The zero-order valence-corrected chi connectivity index (χ0v) is 11.4. The fourth-order valence-corrected chi connectivity index (χ4v) is 2.52. The highest BCUT2D eigenvalue weighted by Crippen LogP contribution is 2.24. The summed E-state index contributed by atoms with van der Waals surface area (Å²) in [6, 6.07) is 3.92. The van der Waals surface area contributed by atoms with Crippen LogP contribution in [-0.4, -0.2) is 23.1 Å². The fourth-order valence-electron chi connectivity index (χ4n) is 2.52. The van der Waals surface area contributed by atoms with Crippen molar-refractivity contribution in [3.8, 4) is 6.07 Å². The molecule has 5 nitrogen and oxygen atoms in total. The first-order chi connectivity index (χ1) is 9.28. The second-order valence-corrected chi connectivity index (χ2v) is 5.08. The minimum atomic E-state index is 0.262. The van der Waals surface area contributed by atoms with Gasteiger partial charge in [-0.1, -0.05) is 19.3 Å². The van der Waals surface area contributed by atoms with Crippen molar-refractivity contribution < 1.29 is 0 Å². The van der Waals surface area contributed by atoms with Crippen LogP contribution in [0.3, 0.4) is 0 Å². The highest BCUT2D eigenvalue weighted by atomic mass is 15.1. The summed E-state index contributed by atoms with van der Waals surface area (Å²) in [6.07, 6.45) is 6.72. The third-order valence-corrected chi connectivity index (χ3v) is 3.48. The standard InChI is InChI=1S/C14H21N5/c1-11-18-13(16-8-7-15)9-14(19-11)17-10-12-5-3-2-4-6-12/h9,12H,2-6,8,10H2,1H3,(H2,16,17,18,19). The molecule has 0 radical (unpaired) electrons. The first kappa shape index (κ1) is 13.6. The number of aromatic nitrogens is 2. The van der Waals surface area contributed by atoms with Crippen LogP contribution in [0.25, 0.3) is 0 Å². The minimum absolute atomic E-state index is 0.262. The summed E-state index contributed by atoms with van der Waals surface area (Å²) in [5, 5.41) is 14.9. The number of hydrogen-bond donors (Lipinski definition) is 2. The summed E-state index contributed by atoms with van der Waals surface area (Å²) in [5.41, 5.74) is 0. The Hall–Kier alpha value is -1.83. The third kappa shape index (κ3) is 4.40. The molecule has 102 valence electrons. The van der Waals surface area contributed by atoms with Gasteiger partial charge in [-0.3, -0.25) is 0 Å². The summed E-state index contributed by atoms with van der Waals surface area (Å²) in [5.74, 6) is 3.03. The summed E-state index contributed by atoms with van der Waals surface area (Å²) < 4.78 is 0. The second-order valence-electron chi connectivity index (χ2n) is 5.08. The molecule has 2 rings (SSSR count). The fraction of sp³-hybridized carbons (Fsp3) is 0.643. The largest absolute Gasteiger partial charge is 0.370 e. The molecule has 0 spiro atoms. The van der Waals surface area contributed by atoms with Gasteiger partial charge in [-0.25, -0.2) is 9.97 Å².